The zero-order chi connectivity index (χ0) is 19.3. The first-order chi connectivity index (χ1) is 13.7. The van der Waals surface area contributed by atoms with Crippen molar-refractivity contribution in [2.24, 2.45) is 0 Å². The smallest absolute Gasteiger partial charge is 0.257 e. The Hall–Kier alpha value is -2.76. The van der Waals surface area contributed by atoms with Crippen LogP contribution < -0.4 is 5.32 Å². The minimum absolute atomic E-state index is 0.0643. The summed E-state index contributed by atoms with van der Waals surface area (Å²) in [6.07, 6.45) is 8.79. The molecule has 28 heavy (non-hydrogen) atoms. The summed E-state index contributed by atoms with van der Waals surface area (Å²) in [5, 5.41) is 3.10. The zero-order valence-corrected chi connectivity index (χ0v) is 16.1. The molecule has 146 valence electrons. The summed E-state index contributed by atoms with van der Waals surface area (Å²) in [5.74, 6) is 0.423. The fourth-order valence-corrected chi connectivity index (χ4v) is 4.07. The lowest BCUT2D eigenvalue weighted by molar-refractivity contribution is -0.122. The summed E-state index contributed by atoms with van der Waals surface area (Å²) in [4.78, 5) is 36.1. The molecule has 2 aliphatic rings. The topological polar surface area (TPSA) is 75.2 Å². The number of fused-ring (bicyclic) bond motifs is 1. The standard InChI is InChI=1S/C22H26N4O2/c27-20(24-17-10-5-2-6-11-17)15-26-13-7-12-19-18(22(26)28)14-23-21(25-19)16-8-3-1-4-9-16/h1,3-4,8-9,14,17H,2,5-7,10-13,15H2,(H,24,27). The number of hydrogen-bond acceptors (Lipinski definition) is 4. The Morgan fingerprint density at radius 2 is 1.89 bits per heavy atom. The molecule has 1 fully saturated rings. The van der Waals surface area contributed by atoms with Gasteiger partial charge in [-0.25, -0.2) is 9.97 Å². The second kappa shape index (κ2) is 8.50. The van der Waals surface area contributed by atoms with Crippen molar-refractivity contribution in [2.45, 2.75) is 51.0 Å². The summed E-state index contributed by atoms with van der Waals surface area (Å²) >= 11 is 0. The maximum absolute atomic E-state index is 13.0. The molecule has 2 aromatic rings. The predicted octanol–water partition coefficient (Wildman–Crippen LogP) is 2.98. The Labute approximate surface area is 165 Å². The van der Waals surface area contributed by atoms with Gasteiger partial charge in [-0.1, -0.05) is 49.6 Å². The van der Waals surface area contributed by atoms with Crippen LogP contribution in [0, 0.1) is 0 Å². The van der Waals surface area contributed by atoms with Gasteiger partial charge >= 0.3 is 0 Å². The molecule has 0 atom stereocenters. The SMILES string of the molecule is O=C(CN1CCCc2nc(-c3ccccc3)ncc2C1=O)NC1CCCCC1. The minimum Gasteiger partial charge on any atom is -0.352 e. The molecule has 6 nitrogen and oxygen atoms in total. The number of carbonyl (C=O) groups is 2. The van der Waals surface area contributed by atoms with E-state index in [1.54, 1.807) is 11.1 Å². The Morgan fingerprint density at radius 1 is 1.11 bits per heavy atom. The highest BCUT2D eigenvalue weighted by molar-refractivity contribution is 5.97. The molecule has 1 aliphatic carbocycles. The van der Waals surface area contributed by atoms with Crippen LogP contribution in [-0.2, 0) is 11.2 Å². The van der Waals surface area contributed by atoms with Gasteiger partial charge in [-0.05, 0) is 25.7 Å². The van der Waals surface area contributed by atoms with Crippen LogP contribution >= 0.6 is 0 Å². The van der Waals surface area contributed by atoms with Crippen molar-refractivity contribution in [1.82, 2.24) is 20.2 Å². The number of hydrogen-bond donors (Lipinski definition) is 1. The summed E-state index contributed by atoms with van der Waals surface area (Å²) in [5.41, 5.74) is 2.22. The minimum atomic E-state index is -0.147. The highest BCUT2D eigenvalue weighted by atomic mass is 16.2. The van der Waals surface area contributed by atoms with E-state index in [0.29, 0.717) is 24.4 Å². The molecule has 0 unspecified atom stereocenters. The number of aryl methyl sites for hydroxylation is 1. The van der Waals surface area contributed by atoms with Crippen molar-refractivity contribution in [2.75, 3.05) is 13.1 Å². The van der Waals surface area contributed by atoms with Crippen LogP contribution in [0.25, 0.3) is 11.4 Å². The predicted molar refractivity (Wildman–Crippen MR) is 107 cm³/mol. The van der Waals surface area contributed by atoms with Crippen LogP contribution in [0.4, 0.5) is 0 Å². The van der Waals surface area contributed by atoms with Crippen molar-refractivity contribution < 1.29 is 9.59 Å². The molecule has 0 radical (unpaired) electrons. The van der Waals surface area contributed by atoms with E-state index in [1.165, 1.54) is 19.3 Å². The first-order valence-electron chi connectivity index (χ1n) is 10.2. The van der Waals surface area contributed by atoms with Gasteiger partial charge in [-0.2, -0.15) is 0 Å². The summed E-state index contributed by atoms with van der Waals surface area (Å²) in [6.45, 7) is 0.670. The monoisotopic (exact) mass is 378 g/mol. The Balaban J connectivity index is 1.46. The Bertz CT molecular complexity index is 847. The second-order valence-corrected chi connectivity index (χ2v) is 7.65. The van der Waals surface area contributed by atoms with E-state index in [9.17, 15) is 9.59 Å². The fraction of sp³-hybridized carbons (Fsp3) is 0.455. The van der Waals surface area contributed by atoms with E-state index in [-0.39, 0.29) is 24.4 Å². The Morgan fingerprint density at radius 3 is 2.68 bits per heavy atom. The lowest BCUT2D eigenvalue weighted by atomic mass is 9.95. The highest BCUT2D eigenvalue weighted by Gasteiger charge is 2.26. The van der Waals surface area contributed by atoms with Gasteiger partial charge in [0.2, 0.25) is 5.91 Å². The van der Waals surface area contributed by atoms with E-state index >= 15 is 0 Å². The first kappa shape index (κ1) is 18.6. The molecule has 2 amide bonds. The first-order valence-corrected chi connectivity index (χ1v) is 10.2. The molecule has 4 rings (SSSR count). The van der Waals surface area contributed by atoms with Gasteiger partial charge in [0, 0.05) is 24.3 Å². The lowest BCUT2D eigenvalue weighted by Gasteiger charge is -2.25. The number of carbonyl (C=O) groups excluding carboxylic acids is 2. The molecule has 1 aliphatic heterocycles. The maximum Gasteiger partial charge on any atom is 0.257 e. The van der Waals surface area contributed by atoms with Crippen LogP contribution in [0.5, 0.6) is 0 Å². The average molecular weight is 378 g/mol. The van der Waals surface area contributed by atoms with Crippen molar-refractivity contribution in [3.05, 3.63) is 47.8 Å². The molecule has 0 spiro atoms. The third kappa shape index (κ3) is 4.21. The number of aromatic nitrogens is 2. The molecule has 1 N–H and O–H groups in total. The van der Waals surface area contributed by atoms with Crippen LogP contribution in [0.1, 0.15) is 54.6 Å². The summed E-state index contributed by atoms with van der Waals surface area (Å²) in [6, 6.07) is 10.0. The van der Waals surface area contributed by atoms with Gasteiger partial charge in [0.05, 0.1) is 17.8 Å². The second-order valence-electron chi connectivity index (χ2n) is 7.65. The van der Waals surface area contributed by atoms with Crippen LogP contribution in [-0.4, -0.2) is 45.8 Å². The molecular formula is C22H26N4O2. The normalized spacial score (nSPS) is 17.7. The van der Waals surface area contributed by atoms with E-state index in [4.69, 9.17) is 0 Å². The molecule has 0 bridgehead atoms. The molecule has 0 saturated heterocycles. The maximum atomic E-state index is 13.0. The molecule has 1 aromatic carbocycles. The third-order valence-electron chi connectivity index (χ3n) is 5.56. The van der Waals surface area contributed by atoms with E-state index in [2.05, 4.69) is 15.3 Å². The molecule has 1 aromatic heterocycles. The van der Waals surface area contributed by atoms with E-state index in [1.807, 2.05) is 30.3 Å². The number of benzene rings is 1. The third-order valence-corrected chi connectivity index (χ3v) is 5.56. The molecule has 1 saturated carbocycles. The van der Waals surface area contributed by atoms with Crippen molar-refractivity contribution in [3.63, 3.8) is 0 Å². The van der Waals surface area contributed by atoms with Gasteiger partial charge in [0.25, 0.3) is 5.91 Å². The van der Waals surface area contributed by atoms with Gasteiger partial charge in [0.15, 0.2) is 5.82 Å². The van der Waals surface area contributed by atoms with Gasteiger partial charge in [-0.15, -0.1) is 0 Å². The lowest BCUT2D eigenvalue weighted by Crippen LogP contribution is -2.44. The number of nitrogens with one attached hydrogen (secondary N) is 1. The summed E-state index contributed by atoms with van der Waals surface area (Å²) < 4.78 is 0. The van der Waals surface area contributed by atoms with Gasteiger partial charge in [0.1, 0.15) is 0 Å². The van der Waals surface area contributed by atoms with Crippen molar-refractivity contribution >= 4 is 11.8 Å². The molecule has 2 heterocycles. The highest BCUT2D eigenvalue weighted by Crippen LogP contribution is 2.21. The van der Waals surface area contributed by atoms with E-state index in [0.717, 1.165) is 30.5 Å². The number of amides is 2. The fourth-order valence-electron chi connectivity index (χ4n) is 4.07. The van der Waals surface area contributed by atoms with Gasteiger partial charge < -0.3 is 10.2 Å². The molecular weight excluding hydrogens is 352 g/mol. The zero-order valence-electron chi connectivity index (χ0n) is 16.1. The van der Waals surface area contributed by atoms with Crippen molar-refractivity contribution in [1.29, 1.82) is 0 Å². The van der Waals surface area contributed by atoms with Crippen LogP contribution in [0.2, 0.25) is 0 Å². The molecule has 6 heteroatoms. The largest absolute Gasteiger partial charge is 0.352 e. The summed E-state index contributed by atoms with van der Waals surface area (Å²) in [7, 11) is 0. The number of rotatable bonds is 4. The number of nitrogens with zero attached hydrogens (tertiary/aromatic N) is 3. The quantitative estimate of drug-likeness (QED) is 0.887. The average Bonchev–Trinajstić information content (AvgIpc) is 2.88. The van der Waals surface area contributed by atoms with Crippen LogP contribution in [0.3, 0.4) is 0 Å². The van der Waals surface area contributed by atoms with Crippen molar-refractivity contribution in [3.8, 4) is 11.4 Å². The van der Waals surface area contributed by atoms with Gasteiger partial charge in [-0.3, -0.25) is 9.59 Å². The van der Waals surface area contributed by atoms with Crippen LogP contribution in [0.15, 0.2) is 36.5 Å². The Kier molecular flexibility index (Phi) is 5.65. The van der Waals surface area contributed by atoms with E-state index < -0.39 is 0 Å².